The molecule has 144 valence electrons. The van der Waals surface area contributed by atoms with Crippen molar-refractivity contribution in [3.8, 4) is 5.75 Å². The van der Waals surface area contributed by atoms with E-state index in [2.05, 4.69) is 15.9 Å². The molecule has 1 aromatic heterocycles. The van der Waals surface area contributed by atoms with Crippen molar-refractivity contribution in [2.24, 2.45) is 5.92 Å². The number of hydrogen-bond acceptors (Lipinski definition) is 4. The molecule has 0 bridgehead atoms. The Morgan fingerprint density at radius 2 is 2.07 bits per heavy atom. The summed E-state index contributed by atoms with van der Waals surface area (Å²) in [6.45, 7) is 2.00. The molecular formula is C20H23BrN2O4. The third-order valence-electron chi connectivity index (χ3n) is 4.68. The van der Waals surface area contributed by atoms with Gasteiger partial charge in [0.25, 0.3) is 5.91 Å². The SMILES string of the molecule is CN(CCOc1ccc(Br)cc1)C(=O)C1CCCN(C(=O)c2ccco2)C1. The third kappa shape index (κ3) is 5.13. The van der Waals surface area contributed by atoms with Crippen molar-refractivity contribution in [3.63, 3.8) is 0 Å². The number of carbonyl (C=O) groups is 2. The third-order valence-corrected chi connectivity index (χ3v) is 5.20. The van der Waals surface area contributed by atoms with E-state index in [9.17, 15) is 9.59 Å². The van der Waals surface area contributed by atoms with Crippen LogP contribution >= 0.6 is 15.9 Å². The van der Waals surface area contributed by atoms with E-state index >= 15 is 0 Å². The van der Waals surface area contributed by atoms with Crippen LogP contribution in [0.25, 0.3) is 0 Å². The van der Waals surface area contributed by atoms with Gasteiger partial charge >= 0.3 is 0 Å². The second-order valence-corrected chi connectivity index (χ2v) is 7.55. The van der Waals surface area contributed by atoms with Crippen LogP contribution in [0.3, 0.4) is 0 Å². The van der Waals surface area contributed by atoms with Crippen molar-refractivity contribution < 1.29 is 18.7 Å². The number of nitrogens with zero attached hydrogens (tertiary/aromatic N) is 2. The molecule has 3 rings (SSSR count). The lowest BCUT2D eigenvalue weighted by Gasteiger charge is -2.33. The van der Waals surface area contributed by atoms with Crippen LogP contribution in [-0.2, 0) is 4.79 Å². The average molecular weight is 435 g/mol. The van der Waals surface area contributed by atoms with Crippen molar-refractivity contribution in [2.45, 2.75) is 12.8 Å². The molecule has 1 unspecified atom stereocenters. The first-order chi connectivity index (χ1) is 13.0. The molecule has 27 heavy (non-hydrogen) atoms. The molecule has 2 aromatic rings. The fraction of sp³-hybridized carbons (Fsp3) is 0.400. The van der Waals surface area contributed by atoms with E-state index in [-0.39, 0.29) is 17.7 Å². The summed E-state index contributed by atoms with van der Waals surface area (Å²) < 4.78 is 11.9. The minimum atomic E-state index is -0.185. The van der Waals surface area contributed by atoms with Gasteiger partial charge in [-0.25, -0.2) is 0 Å². The maximum Gasteiger partial charge on any atom is 0.289 e. The first-order valence-corrected chi connectivity index (χ1v) is 9.80. The Morgan fingerprint density at radius 3 is 2.78 bits per heavy atom. The Balaban J connectivity index is 1.48. The molecule has 0 spiro atoms. The number of carbonyl (C=O) groups excluding carboxylic acids is 2. The van der Waals surface area contributed by atoms with Crippen LogP contribution in [0, 0.1) is 5.92 Å². The first-order valence-electron chi connectivity index (χ1n) is 9.00. The van der Waals surface area contributed by atoms with E-state index in [1.54, 1.807) is 29.0 Å². The van der Waals surface area contributed by atoms with Crippen LogP contribution in [0.4, 0.5) is 0 Å². The molecule has 0 radical (unpaired) electrons. The zero-order valence-corrected chi connectivity index (χ0v) is 16.9. The standard InChI is InChI=1S/C20H23BrN2O4/c1-22(11-13-26-17-8-6-16(21)7-9-17)19(24)15-4-2-10-23(14-15)20(25)18-5-3-12-27-18/h3,5-9,12,15H,2,4,10-11,13-14H2,1H3. The number of furan rings is 1. The number of piperidine rings is 1. The van der Waals surface area contributed by atoms with Crippen molar-refractivity contribution in [2.75, 3.05) is 33.3 Å². The monoisotopic (exact) mass is 434 g/mol. The molecule has 1 aliphatic rings. The molecule has 1 atom stereocenters. The van der Waals surface area contributed by atoms with Crippen molar-refractivity contribution in [1.82, 2.24) is 9.80 Å². The summed E-state index contributed by atoms with van der Waals surface area (Å²) in [7, 11) is 1.78. The van der Waals surface area contributed by atoms with Gasteiger partial charge in [0.05, 0.1) is 18.7 Å². The highest BCUT2D eigenvalue weighted by Crippen LogP contribution is 2.21. The number of likely N-dealkylation sites (tertiary alicyclic amines) is 1. The molecule has 1 fully saturated rings. The van der Waals surface area contributed by atoms with E-state index in [0.717, 1.165) is 23.1 Å². The van der Waals surface area contributed by atoms with E-state index in [1.807, 2.05) is 24.3 Å². The maximum atomic E-state index is 12.7. The largest absolute Gasteiger partial charge is 0.492 e. The second kappa shape index (κ2) is 9.08. The molecule has 2 heterocycles. The zero-order valence-electron chi connectivity index (χ0n) is 15.3. The summed E-state index contributed by atoms with van der Waals surface area (Å²) >= 11 is 3.39. The Kier molecular flexibility index (Phi) is 6.55. The van der Waals surface area contributed by atoms with Crippen LogP contribution in [0.15, 0.2) is 51.6 Å². The van der Waals surface area contributed by atoms with E-state index < -0.39 is 0 Å². The highest BCUT2D eigenvalue weighted by Gasteiger charge is 2.31. The molecule has 0 saturated carbocycles. The molecule has 0 aliphatic carbocycles. The summed E-state index contributed by atoms with van der Waals surface area (Å²) in [5.74, 6) is 0.798. The van der Waals surface area contributed by atoms with E-state index in [0.29, 0.717) is 32.0 Å². The van der Waals surface area contributed by atoms with Crippen molar-refractivity contribution >= 4 is 27.7 Å². The zero-order chi connectivity index (χ0) is 19.2. The fourth-order valence-electron chi connectivity index (χ4n) is 3.17. The lowest BCUT2D eigenvalue weighted by atomic mass is 9.96. The van der Waals surface area contributed by atoms with Gasteiger partial charge in [0.1, 0.15) is 12.4 Å². The van der Waals surface area contributed by atoms with Gasteiger partial charge in [-0.05, 0) is 49.2 Å². The lowest BCUT2D eigenvalue weighted by molar-refractivity contribution is -0.135. The van der Waals surface area contributed by atoms with Gasteiger partial charge in [0, 0.05) is 24.6 Å². The van der Waals surface area contributed by atoms with Crippen LogP contribution in [0.1, 0.15) is 23.4 Å². The van der Waals surface area contributed by atoms with Crippen LogP contribution in [0.5, 0.6) is 5.75 Å². The van der Waals surface area contributed by atoms with Gasteiger partial charge in [-0.2, -0.15) is 0 Å². The molecule has 7 heteroatoms. The molecular weight excluding hydrogens is 412 g/mol. The Labute approximate surface area is 167 Å². The minimum absolute atomic E-state index is 0.0475. The highest BCUT2D eigenvalue weighted by atomic mass is 79.9. The maximum absolute atomic E-state index is 12.7. The molecule has 1 saturated heterocycles. The van der Waals surface area contributed by atoms with Crippen LogP contribution in [-0.4, -0.2) is 54.9 Å². The number of benzene rings is 1. The van der Waals surface area contributed by atoms with Crippen molar-refractivity contribution in [1.29, 1.82) is 0 Å². The summed E-state index contributed by atoms with van der Waals surface area (Å²) in [4.78, 5) is 28.6. The van der Waals surface area contributed by atoms with Gasteiger partial charge in [-0.1, -0.05) is 15.9 Å². The Hall–Kier alpha value is -2.28. The number of hydrogen-bond donors (Lipinski definition) is 0. The Morgan fingerprint density at radius 1 is 1.30 bits per heavy atom. The van der Waals surface area contributed by atoms with E-state index in [4.69, 9.17) is 9.15 Å². The predicted molar refractivity (Wildman–Crippen MR) is 105 cm³/mol. The van der Waals surface area contributed by atoms with Gasteiger partial charge in [-0.3, -0.25) is 9.59 Å². The van der Waals surface area contributed by atoms with Gasteiger partial charge < -0.3 is 19.0 Å². The number of amides is 2. The highest BCUT2D eigenvalue weighted by molar-refractivity contribution is 9.10. The molecule has 1 aliphatic heterocycles. The van der Waals surface area contributed by atoms with Crippen LogP contribution < -0.4 is 4.74 Å². The predicted octanol–water partition coefficient (Wildman–Crippen LogP) is 3.43. The number of rotatable bonds is 6. The molecule has 1 aromatic carbocycles. The quantitative estimate of drug-likeness (QED) is 0.698. The lowest BCUT2D eigenvalue weighted by Crippen LogP contribution is -2.46. The first kappa shape index (κ1) is 19.5. The number of likely N-dealkylation sites (N-methyl/N-ethyl adjacent to an activating group) is 1. The fourth-order valence-corrected chi connectivity index (χ4v) is 3.44. The van der Waals surface area contributed by atoms with E-state index in [1.165, 1.54) is 6.26 Å². The summed E-state index contributed by atoms with van der Waals surface area (Å²) in [5.41, 5.74) is 0. The molecule has 0 N–H and O–H groups in total. The average Bonchev–Trinajstić information content (AvgIpc) is 3.23. The smallest absolute Gasteiger partial charge is 0.289 e. The van der Waals surface area contributed by atoms with Gasteiger partial charge in [0.2, 0.25) is 5.91 Å². The summed E-state index contributed by atoms with van der Waals surface area (Å²) in [6.07, 6.45) is 3.09. The number of halogens is 1. The molecule has 6 nitrogen and oxygen atoms in total. The summed E-state index contributed by atoms with van der Waals surface area (Å²) in [5, 5.41) is 0. The molecule has 2 amide bonds. The van der Waals surface area contributed by atoms with Gasteiger partial charge in [-0.15, -0.1) is 0 Å². The normalized spacial score (nSPS) is 16.8. The topological polar surface area (TPSA) is 63.0 Å². The van der Waals surface area contributed by atoms with Crippen LogP contribution in [0.2, 0.25) is 0 Å². The van der Waals surface area contributed by atoms with Gasteiger partial charge in [0.15, 0.2) is 5.76 Å². The summed E-state index contributed by atoms with van der Waals surface area (Å²) in [6, 6.07) is 10.9. The number of ether oxygens (including phenoxy) is 1. The van der Waals surface area contributed by atoms with Crippen molar-refractivity contribution in [3.05, 3.63) is 52.9 Å². The second-order valence-electron chi connectivity index (χ2n) is 6.63. The minimum Gasteiger partial charge on any atom is -0.492 e. The Bertz CT molecular complexity index is 761.